The lowest BCUT2D eigenvalue weighted by molar-refractivity contribution is -0.178. The van der Waals surface area contributed by atoms with Crippen molar-refractivity contribution in [1.82, 2.24) is 0 Å². The standard InChI is InChI=1S/C16H18O8/c17-10-6-11(8-16(23,7-10)15(21)22)24-14(20)4-2-9-1-3-12(18)13(19)5-9/h1-5,10-11,17-19,23H,6-8H2,(H,21,22)/b4-2+/t10-,11?,16-/m0/s1. The molecule has 8 heteroatoms. The molecule has 24 heavy (non-hydrogen) atoms. The van der Waals surface area contributed by atoms with Crippen molar-refractivity contribution in [3.05, 3.63) is 29.8 Å². The first kappa shape index (κ1) is 17.8. The highest BCUT2D eigenvalue weighted by molar-refractivity contribution is 5.87. The second-order valence-corrected chi connectivity index (χ2v) is 5.77. The maximum absolute atomic E-state index is 11.8. The van der Waals surface area contributed by atoms with Gasteiger partial charge >= 0.3 is 11.9 Å². The summed E-state index contributed by atoms with van der Waals surface area (Å²) in [5, 5.41) is 47.2. The van der Waals surface area contributed by atoms with Gasteiger partial charge in [-0.3, -0.25) is 0 Å². The number of phenols is 2. The van der Waals surface area contributed by atoms with Crippen LogP contribution in [0.1, 0.15) is 24.8 Å². The Morgan fingerprint density at radius 2 is 1.92 bits per heavy atom. The zero-order chi connectivity index (χ0) is 17.9. The number of esters is 1. The molecule has 0 bridgehead atoms. The van der Waals surface area contributed by atoms with Crippen LogP contribution in [-0.4, -0.2) is 55.3 Å². The summed E-state index contributed by atoms with van der Waals surface area (Å²) in [5.41, 5.74) is -1.69. The topological polar surface area (TPSA) is 145 Å². The Bertz CT molecular complexity index is 668. The minimum Gasteiger partial charge on any atom is -0.504 e. The first-order valence-electron chi connectivity index (χ1n) is 7.24. The van der Waals surface area contributed by atoms with Crippen molar-refractivity contribution < 1.29 is 39.9 Å². The van der Waals surface area contributed by atoms with Crippen LogP contribution in [0.15, 0.2) is 24.3 Å². The van der Waals surface area contributed by atoms with Gasteiger partial charge in [-0.2, -0.15) is 0 Å². The van der Waals surface area contributed by atoms with Gasteiger partial charge in [-0.05, 0) is 23.8 Å². The van der Waals surface area contributed by atoms with E-state index in [2.05, 4.69) is 0 Å². The molecule has 5 N–H and O–H groups in total. The lowest BCUT2D eigenvalue weighted by Crippen LogP contribution is -2.50. The van der Waals surface area contributed by atoms with E-state index in [0.717, 1.165) is 6.08 Å². The van der Waals surface area contributed by atoms with E-state index in [4.69, 9.17) is 9.84 Å². The van der Waals surface area contributed by atoms with Crippen LogP contribution in [0.2, 0.25) is 0 Å². The fraction of sp³-hybridized carbons (Fsp3) is 0.375. The minimum atomic E-state index is -2.13. The molecule has 3 atom stereocenters. The Hall–Kier alpha value is -2.58. The van der Waals surface area contributed by atoms with Gasteiger partial charge < -0.3 is 30.3 Å². The molecular formula is C16H18O8. The second-order valence-electron chi connectivity index (χ2n) is 5.77. The summed E-state index contributed by atoms with van der Waals surface area (Å²) >= 11 is 0. The van der Waals surface area contributed by atoms with Crippen LogP contribution in [-0.2, 0) is 14.3 Å². The SMILES string of the molecule is O=C(/C=C/c1ccc(O)c(O)c1)OC1C[C@H](O)C[C@@](O)(C(=O)O)C1. The molecule has 130 valence electrons. The molecule has 8 nitrogen and oxygen atoms in total. The Balaban J connectivity index is 1.99. The molecule has 0 amide bonds. The van der Waals surface area contributed by atoms with E-state index in [0.29, 0.717) is 5.56 Å². The Morgan fingerprint density at radius 1 is 1.21 bits per heavy atom. The van der Waals surface area contributed by atoms with Crippen molar-refractivity contribution in [1.29, 1.82) is 0 Å². The van der Waals surface area contributed by atoms with Gasteiger partial charge in [0.2, 0.25) is 0 Å². The van der Waals surface area contributed by atoms with Gasteiger partial charge in [-0.1, -0.05) is 6.07 Å². The van der Waals surface area contributed by atoms with Gasteiger partial charge in [-0.15, -0.1) is 0 Å². The number of carboxylic acids is 1. The Labute approximate surface area is 137 Å². The van der Waals surface area contributed by atoms with Crippen LogP contribution in [0.5, 0.6) is 11.5 Å². The van der Waals surface area contributed by atoms with E-state index in [9.17, 15) is 30.0 Å². The highest BCUT2D eigenvalue weighted by Crippen LogP contribution is 2.31. The molecule has 1 saturated carbocycles. The number of carboxylic acid groups (broad SMARTS) is 1. The van der Waals surface area contributed by atoms with Gasteiger partial charge in [0.15, 0.2) is 17.1 Å². The first-order chi connectivity index (χ1) is 11.2. The monoisotopic (exact) mass is 338 g/mol. The summed E-state index contributed by atoms with van der Waals surface area (Å²) in [6, 6.07) is 3.96. The van der Waals surface area contributed by atoms with Crippen molar-refractivity contribution in [2.45, 2.75) is 37.1 Å². The number of ether oxygens (including phenoxy) is 1. The number of aromatic hydroxyl groups is 2. The normalized spacial score (nSPS) is 27.1. The summed E-state index contributed by atoms with van der Waals surface area (Å²) in [4.78, 5) is 22.9. The third-order valence-corrected chi connectivity index (χ3v) is 3.77. The zero-order valence-corrected chi connectivity index (χ0v) is 12.6. The number of hydrogen-bond acceptors (Lipinski definition) is 7. The van der Waals surface area contributed by atoms with Crippen LogP contribution in [0.25, 0.3) is 6.08 Å². The maximum atomic E-state index is 11.8. The number of benzene rings is 1. The second kappa shape index (κ2) is 6.90. The Kier molecular flexibility index (Phi) is 5.10. The average Bonchev–Trinajstić information content (AvgIpc) is 2.47. The van der Waals surface area contributed by atoms with Crippen molar-refractivity contribution in [3.8, 4) is 11.5 Å². The number of aliphatic carboxylic acids is 1. The number of hydrogen-bond donors (Lipinski definition) is 5. The molecule has 0 heterocycles. The molecule has 1 aromatic carbocycles. The predicted octanol–water partition coefficient (Wildman–Crippen LogP) is 0.383. The molecule has 2 rings (SSSR count). The maximum Gasteiger partial charge on any atom is 0.335 e. The molecule has 1 aliphatic rings. The summed E-state index contributed by atoms with van der Waals surface area (Å²) < 4.78 is 5.06. The highest BCUT2D eigenvalue weighted by atomic mass is 16.5. The van der Waals surface area contributed by atoms with E-state index >= 15 is 0 Å². The Morgan fingerprint density at radius 3 is 2.54 bits per heavy atom. The number of aliphatic hydroxyl groups excluding tert-OH is 1. The van der Waals surface area contributed by atoms with Crippen molar-refractivity contribution in [3.63, 3.8) is 0 Å². The highest BCUT2D eigenvalue weighted by Gasteiger charge is 2.45. The van der Waals surface area contributed by atoms with Gasteiger partial charge in [0.25, 0.3) is 0 Å². The first-order valence-corrected chi connectivity index (χ1v) is 7.24. The molecule has 1 fully saturated rings. The molecular weight excluding hydrogens is 320 g/mol. The van der Waals surface area contributed by atoms with Crippen molar-refractivity contribution in [2.24, 2.45) is 0 Å². The quantitative estimate of drug-likeness (QED) is 0.301. The molecule has 1 aromatic rings. The van der Waals surface area contributed by atoms with Crippen molar-refractivity contribution in [2.75, 3.05) is 0 Å². The number of aliphatic hydroxyl groups is 2. The van der Waals surface area contributed by atoms with Gasteiger partial charge in [-0.25, -0.2) is 9.59 Å². The zero-order valence-electron chi connectivity index (χ0n) is 12.6. The van der Waals surface area contributed by atoms with Gasteiger partial charge in [0.1, 0.15) is 6.10 Å². The lowest BCUT2D eigenvalue weighted by atomic mass is 9.81. The molecule has 0 radical (unpaired) electrons. The fourth-order valence-corrected chi connectivity index (χ4v) is 2.60. The van der Waals surface area contributed by atoms with Gasteiger partial charge in [0, 0.05) is 25.3 Å². The molecule has 0 spiro atoms. The van der Waals surface area contributed by atoms with E-state index in [1.54, 1.807) is 0 Å². The number of carbonyl (C=O) groups excluding carboxylic acids is 1. The molecule has 1 aliphatic carbocycles. The average molecular weight is 338 g/mol. The van der Waals surface area contributed by atoms with Crippen LogP contribution in [0.4, 0.5) is 0 Å². The predicted molar refractivity (Wildman–Crippen MR) is 81.1 cm³/mol. The number of rotatable bonds is 4. The van der Waals surface area contributed by atoms with E-state index < -0.39 is 29.7 Å². The van der Waals surface area contributed by atoms with E-state index in [-0.39, 0.29) is 30.8 Å². The summed E-state index contributed by atoms with van der Waals surface area (Å²) in [6.45, 7) is 0. The summed E-state index contributed by atoms with van der Waals surface area (Å²) in [6.07, 6.45) is -0.208. The molecule has 0 aliphatic heterocycles. The third-order valence-electron chi connectivity index (χ3n) is 3.77. The lowest BCUT2D eigenvalue weighted by Gasteiger charge is -2.35. The largest absolute Gasteiger partial charge is 0.504 e. The summed E-state index contributed by atoms with van der Waals surface area (Å²) in [7, 11) is 0. The van der Waals surface area contributed by atoms with Crippen LogP contribution < -0.4 is 0 Å². The third kappa shape index (κ3) is 4.24. The minimum absolute atomic E-state index is 0.0369. The van der Waals surface area contributed by atoms with E-state index in [1.807, 2.05) is 0 Å². The number of carbonyl (C=O) groups is 2. The van der Waals surface area contributed by atoms with Gasteiger partial charge in [0.05, 0.1) is 6.10 Å². The molecule has 0 aromatic heterocycles. The van der Waals surface area contributed by atoms with Crippen LogP contribution >= 0.6 is 0 Å². The molecule has 0 saturated heterocycles. The fourth-order valence-electron chi connectivity index (χ4n) is 2.60. The van der Waals surface area contributed by atoms with Crippen LogP contribution in [0, 0.1) is 0 Å². The van der Waals surface area contributed by atoms with Crippen LogP contribution in [0.3, 0.4) is 0 Å². The van der Waals surface area contributed by atoms with Crippen molar-refractivity contribution >= 4 is 18.0 Å². The molecule has 1 unspecified atom stereocenters. The summed E-state index contributed by atoms with van der Waals surface area (Å²) in [5.74, 6) is -2.89. The number of phenolic OH excluding ortho intramolecular Hbond substituents is 2. The van der Waals surface area contributed by atoms with E-state index in [1.165, 1.54) is 24.3 Å². The smallest absolute Gasteiger partial charge is 0.335 e.